The van der Waals surface area contributed by atoms with E-state index in [9.17, 15) is 0 Å². The average Bonchev–Trinajstić information content (AvgIpc) is 3.61. The van der Waals surface area contributed by atoms with Crippen molar-refractivity contribution in [3.05, 3.63) is 84.8 Å². The lowest BCUT2D eigenvalue weighted by molar-refractivity contribution is 0.509. The molecule has 158 valence electrons. The normalized spacial score (nSPS) is 11.6. The summed E-state index contributed by atoms with van der Waals surface area (Å²) >= 11 is 0. The molecule has 6 nitrogen and oxygen atoms in total. The Balaban J connectivity index is 1.09. The highest BCUT2D eigenvalue weighted by Gasteiger charge is 2.09. The lowest BCUT2D eigenvalue weighted by Crippen LogP contribution is -1.86. The molecule has 0 unspecified atom stereocenters. The Morgan fingerprint density at radius 2 is 1.12 bits per heavy atom. The van der Waals surface area contributed by atoms with Gasteiger partial charge in [0.15, 0.2) is 0 Å². The van der Waals surface area contributed by atoms with Gasteiger partial charge in [-0.2, -0.15) is 0 Å². The van der Waals surface area contributed by atoms with Crippen LogP contribution in [0.5, 0.6) is 0 Å². The maximum atomic E-state index is 6.03. The number of nitrogens with zero attached hydrogens (tertiary/aromatic N) is 2. The third kappa shape index (κ3) is 3.60. The first-order valence-electron chi connectivity index (χ1n) is 10.9. The van der Waals surface area contributed by atoms with Crippen molar-refractivity contribution in [2.24, 2.45) is 0 Å². The summed E-state index contributed by atoms with van der Waals surface area (Å²) in [5.41, 5.74) is 3.96. The van der Waals surface area contributed by atoms with Crippen molar-refractivity contribution < 1.29 is 8.83 Å². The van der Waals surface area contributed by atoms with Gasteiger partial charge in [0.2, 0.25) is 0 Å². The summed E-state index contributed by atoms with van der Waals surface area (Å²) in [6, 6.07) is 16.6. The summed E-state index contributed by atoms with van der Waals surface area (Å²) in [5.74, 6) is 3.78. The molecule has 0 atom stereocenters. The van der Waals surface area contributed by atoms with Gasteiger partial charge in [-0.3, -0.25) is 0 Å². The number of H-pyrrole nitrogens is 2. The number of aromatic nitrogens is 4. The van der Waals surface area contributed by atoms with E-state index in [1.165, 1.54) is 0 Å². The Bertz CT molecular complexity index is 1360. The number of aromatic amines is 2. The lowest BCUT2D eigenvalue weighted by atomic mass is 10.1. The standard InChI is InChI=1S/C26H22N4O2/c1(3-21-15-19-13-17(5-7-23(19)31-21)25-27-9-10-28-25)2-4-22-16-20-14-18(6-8-24(20)32-22)26-29-11-12-30-26/h5-16H,1-4H2,(H,27,28)(H,29,30). The van der Waals surface area contributed by atoms with E-state index < -0.39 is 0 Å². The average molecular weight is 422 g/mol. The van der Waals surface area contributed by atoms with Gasteiger partial charge in [-0.05, 0) is 61.4 Å². The van der Waals surface area contributed by atoms with Crippen molar-refractivity contribution in [1.29, 1.82) is 0 Å². The highest BCUT2D eigenvalue weighted by Crippen LogP contribution is 2.27. The molecule has 0 amide bonds. The number of imidazole rings is 2. The van der Waals surface area contributed by atoms with Crippen LogP contribution in [0.25, 0.3) is 44.7 Å². The van der Waals surface area contributed by atoms with Gasteiger partial charge in [0.05, 0.1) is 0 Å². The monoisotopic (exact) mass is 422 g/mol. The molecule has 0 saturated heterocycles. The molecule has 0 aliphatic rings. The zero-order chi connectivity index (χ0) is 21.3. The Kier molecular flexibility index (Phi) is 4.61. The molecule has 4 heterocycles. The smallest absolute Gasteiger partial charge is 0.137 e. The highest BCUT2D eigenvalue weighted by atomic mass is 16.3. The second kappa shape index (κ2) is 7.89. The van der Waals surface area contributed by atoms with Gasteiger partial charge < -0.3 is 18.8 Å². The molecule has 2 N–H and O–H groups in total. The van der Waals surface area contributed by atoms with E-state index in [1.807, 2.05) is 36.7 Å². The topological polar surface area (TPSA) is 83.6 Å². The van der Waals surface area contributed by atoms with Gasteiger partial charge in [0.25, 0.3) is 0 Å². The van der Waals surface area contributed by atoms with Crippen LogP contribution in [0.3, 0.4) is 0 Å². The molecular formula is C26H22N4O2. The van der Waals surface area contributed by atoms with Gasteiger partial charge in [-0.15, -0.1) is 0 Å². The SMILES string of the molecule is c1c[nH]c(-c2ccc3oc(CCCCc4cc5cc(-c6ncc[nH]6)ccc5o4)cc3c2)n1. The summed E-state index contributed by atoms with van der Waals surface area (Å²) in [6.45, 7) is 0. The largest absolute Gasteiger partial charge is 0.461 e. The molecule has 0 aliphatic carbocycles. The molecule has 6 rings (SSSR count). The molecule has 6 heteroatoms. The Labute approximate surface area is 184 Å². The van der Waals surface area contributed by atoms with E-state index in [0.717, 1.165) is 81.9 Å². The van der Waals surface area contributed by atoms with Crippen LogP contribution in [0.15, 0.2) is 82.2 Å². The number of hydrogen-bond acceptors (Lipinski definition) is 4. The van der Waals surface area contributed by atoms with E-state index in [-0.39, 0.29) is 0 Å². The quantitative estimate of drug-likeness (QED) is 0.287. The second-order valence-electron chi connectivity index (χ2n) is 8.01. The zero-order valence-corrected chi connectivity index (χ0v) is 17.5. The summed E-state index contributed by atoms with van der Waals surface area (Å²) < 4.78 is 12.1. The fourth-order valence-electron chi connectivity index (χ4n) is 4.18. The fourth-order valence-corrected chi connectivity index (χ4v) is 4.18. The minimum Gasteiger partial charge on any atom is -0.461 e. The van der Waals surface area contributed by atoms with Crippen molar-refractivity contribution in [3.63, 3.8) is 0 Å². The van der Waals surface area contributed by atoms with Gasteiger partial charge in [0.1, 0.15) is 34.3 Å². The van der Waals surface area contributed by atoms with Gasteiger partial charge >= 0.3 is 0 Å². The van der Waals surface area contributed by atoms with Crippen molar-refractivity contribution in [1.82, 2.24) is 19.9 Å². The van der Waals surface area contributed by atoms with Crippen molar-refractivity contribution in [2.45, 2.75) is 25.7 Å². The molecule has 0 spiro atoms. The number of furan rings is 2. The Morgan fingerprint density at radius 1 is 0.625 bits per heavy atom. The van der Waals surface area contributed by atoms with E-state index in [1.54, 1.807) is 12.4 Å². The predicted molar refractivity (Wildman–Crippen MR) is 124 cm³/mol. The Hall–Kier alpha value is -4.06. The van der Waals surface area contributed by atoms with Crippen LogP contribution in [-0.4, -0.2) is 19.9 Å². The van der Waals surface area contributed by atoms with Crippen LogP contribution in [0.4, 0.5) is 0 Å². The molecule has 6 aromatic rings. The molecule has 4 aromatic heterocycles. The van der Waals surface area contributed by atoms with Crippen molar-refractivity contribution in [2.75, 3.05) is 0 Å². The lowest BCUT2D eigenvalue weighted by Gasteiger charge is -1.97. The summed E-state index contributed by atoms with van der Waals surface area (Å²) in [5, 5.41) is 2.22. The first-order valence-corrected chi connectivity index (χ1v) is 10.9. The molecule has 0 saturated carbocycles. The van der Waals surface area contributed by atoms with Crippen LogP contribution in [0.1, 0.15) is 24.4 Å². The van der Waals surface area contributed by atoms with E-state index in [2.05, 4.69) is 44.2 Å². The van der Waals surface area contributed by atoms with Crippen LogP contribution < -0.4 is 0 Å². The molecular weight excluding hydrogens is 400 g/mol. The molecule has 2 aromatic carbocycles. The van der Waals surface area contributed by atoms with E-state index in [4.69, 9.17) is 8.83 Å². The summed E-state index contributed by atoms with van der Waals surface area (Å²) in [4.78, 5) is 14.9. The molecule has 0 aliphatic heterocycles. The van der Waals surface area contributed by atoms with Crippen LogP contribution in [0.2, 0.25) is 0 Å². The second-order valence-corrected chi connectivity index (χ2v) is 8.01. The van der Waals surface area contributed by atoms with Gasteiger partial charge in [-0.1, -0.05) is 0 Å². The minimum atomic E-state index is 0.872. The molecule has 0 fully saturated rings. The summed E-state index contributed by atoms with van der Waals surface area (Å²) in [6.07, 6.45) is 11.1. The van der Waals surface area contributed by atoms with Crippen molar-refractivity contribution in [3.8, 4) is 22.8 Å². The van der Waals surface area contributed by atoms with Crippen LogP contribution in [0, 0.1) is 0 Å². The maximum absolute atomic E-state index is 6.03. The number of hydrogen-bond donors (Lipinski definition) is 2. The number of aryl methyl sites for hydroxylation is 2. The first kappa shape index (κ1) is 18.7. The zero-order valence-electron chi connectivity index (χ0n) is 17.5. The van der Waals surface area contributed by atoms with Gasteiger partial charge in [0, 0.05) is 59.5 Å². The van der Waals surface area contributed by atoms with Crippen LogP contribution >= 0.6 is 0 Å². The number of rotatable bonds is 7. The molecule has 0 bridgehead atoms. The predicted octanol–water partition coefficient (Wildman–Crippen LogP) is 6.52. The van der Waals surface area contributed by atoms with E-state index in [0.29, 0.717) is 0 Å². The number of benzene rings is 2. The van der Waals surface area contributed by atoms with E-state index >= 15 is 0 Å². The van der Waals surface area contributed by atoms with Crippen LogP contribution in [-0.2, 0) is 12.8 Å². The third-order valence-electron chi connectivity index (χ3n) is 5.77. The third-order valence-corrected chi connectivity index (χ3v) is 5.77. The Morgan fingerprint density at radius 3 is 1.56 bits per heavy atom. The summed E-state index contributed by atoms with van der Waals surface area (Å²) in [7, 11) is 0. The number of nitrogens with one attached hydrogen (secondary N) is 2. The fraction of sp³-hybridized carbons (Fsp3) is 0.154. The molecule has 32 heavy (non-hydrogen) atoms. The number of unbranched alkanes of at least 4 members (excludes halogenated alkanes) is 1. The number of fused-ring (bicyclic) bond motifs is 2. The minimum absolute atomic E-state index is 0.872. The van der Waals surface area contributed by atoms with Crippen molar-refractivity contribution >= 4 is 21.9 Å². The highest BCUT2D eigenvalue weighted by molar-refractivity contribution is 5.83. The first-order chi connectivity index (χ1) is 15.8. The van der Waals surface area contributed by atoms with Gasteiger partial charge in [-0.25, -0.2) is 9.97 Å². The molecule has 0 radical (unpaired) electrons. The maximum Gasteiger partial charge on any atom is 0.137 e.